The molecule has 0 radical (unpaired) electrons. The molecule has 0 aromatic carbocycles. The van der Waals surface area contributed by atoms with Crippen molar-refractivity contribution < 1.29 is 9.90 Å². The zero-order valence-corrected chi connectivity index (χ0v) is 9.75. The quantitative estimate of drug-likeness (QED) is 0.802. The van der Waals surface area contributed by atoms with Crippen LogP contribution in [0.2, 0.25) is 0 Å². The predicted molar refractivity (Wildman–Crippen MR) is 59.6 cm³/mol. The summed E-state index contributed by atoms with van der Waals surface area (Å²) >= 11 is 1.52. The van der Waals surface area contributed by atoms with Gasteiger partial charge in [0.05, 0.1) is 12.1 Å². The molecule has 15 heavy (non-hydrogen) atoms. The second-order valence-corrected chi connectivity index (χ2v) is 4.47. The number of hydrogen-bond donors (Lipinski definition) is 2. The number of nitrogens with zero attached hydrogens (tertiary/aromatic N) is 1. The molecular formula is C10H16N2O2S. The monoisotopic (exact) mass is 228 g/mol. The fraction of sp³-hybridized carbons (Fsp3) is 0.600. The van der Waals surface area contributed by atoms with Gasteiger partial charge in [-0.3, -0.25) is 4.79 Å². The zero-order valence-electron chi connectivity index (χ0n) is 8.93. The van der Waals surface area contributed by atoms with Crippen molar-refractivity contribution in [2.45, 2.75) is 38.8 Å². The molecule has 0 saturated heterocycles. The summed E-state index contributed by atoms with van der Waals surface area (Å²) in [5.41, 5.74) is 0. The SMILES string of the molecule is CC(O)CCC(=O)NC(C)c1nccs1. The van der Waals surface area contributed by atoms with E-state index in [1.165, 1.54) is 11.3 Å². The molecule has 84 valence electrons. The van der Waals surface area contributed by atoms with Crippen molar-refractivity contribution in [3.05, 3.63) is 16.6 Å². The summed E-state index contributed by atoms with van der Waals surface area (Å²) in [5.74, 6) is -0.0430. The van der Waals surface area contributed by atoms with E-state index in [4.69, 9.17) is 5.11 Å². The number of aromatic nitrogens is 1. The third-order valence-electron chi connectivity index (χ3n) is 1.99. The van der Waals surface area contributed by atoms with Crippen LogP contribution < -0.4 is 5.32 Å². The highest BCUT2D eigenvalue weighted by Crippen LogP contribution is 2.14. The lowest BCUT2D eigenvalue weighted by molar-refractivity contribution is -0.122. The van der Waals surface area contributed by atoms with Gasteiger partial charge in [0.2, 0.25) is 5.91 Å². The Morgan fingerprint density at radius 2 is 2.40 bits per heavy atom. The van der Waals surface area contributed by atoms with Gasteiger partial charge in [0.1, 0.15) is 5.01 Å². The maximum absolute atomic E-state index is 11.4. The third kappa shape index (κ3) is 4.40. The minimum absolute atomic E-state index is 0.0430. The molecule has 1 aromatic rings. The van der Waals surface area contributed by atoms with Crippen molar-refractivity contribution in [1.82, 2.24) is 10.3 Å². The number of hydrogen-bond acceptors (Lipinski definition) is 4. The van der Waals surface area contributed by atoms with Gasteiger partial charge in [0.25, 0.3) is 0 Å². The van der Waals surface area contributed by atoms with Gasteiger partial charge < -0.3 is 10.4 Å². The van der Waals surface area contributed by atoms with Gasteiger partial charge in [-0.05, 0) is 20.3 Å². The molecule has 0 saturated carbocycles. The molecule has 5 heteroatoms. The molecule has 2 unspecified atom stereocenters. The molecule has 1 amide bonds. The van der Waals surface area contributed by atoms with Crippen LogP contribution in [-0.2, 0) is 4.79 Å². The van der Waals surface area contributed by atoms with E-state index < -0.39 is 6.10 Å². The Bertz CT molecular complexity index is 298. The van der Waals surface area contributed by atoms with Crippen molar-refractivity contribution in [2.75, 3.05) is 0 Å². The second kappa shape index (κ2) is 5.82. The molecule has 2 N–H and O–H groups in total. The van der Waals surface area contributed by atoms with Crippen LogP contribution in [0.3, 0.4) is 0 Å². The summed E-state index contributed by atoms with van der Waals surface area (Å²) < 4.78 is 0. The minimum Gasteiger partial charge on any atom is -0.393 e. The van der Waals surface area contributed by atoms with Crippen molar-refractivity contribution in [3.8, 4) is 0 Å². The molecule has 0 aliphatic rings. The number of aliphatic hydroxyl groups is 1. The molecule has 1 aromatic heterocycles. The number of amides is 1. The molecule has 2 atom stereocenters. The van der Waals surface area contributed by atoms with Crippen molar-refractivity contribution >= 4 is 17.2 Å². The van der Waals surface area contributed by atoms with Crippen molar-refractivity contribution in [1.29, 1.82) is 0 Å². The molecule has 0 bridgehead atoms. The largest absolute Gasteiger partial charge is 0.393 e. The number of rotatable bonds is 5. The number of nitrogens with one attached hydrogen (secondary N) is 1. The van der Waals surface area contributed by atoms with Crippen LogP contribution in [0.5, 0.6) is 0 Å². The van der Waals surface area contributed by atoms with Crippen LogP contribution in [-0.4, -0.2) is 22.1 Å². The van der Waals surface area contributed by atoms with Crippen molar-refractivity contribution in [3.63, 3.8) is 0 Å². The predicted octanol–water partition coefficient (Wildman–Crippen LogP) is 1.48. The Kier molecular flexibility index (Phi) is 4.71. The van der Waals surface area contributed by atoms with Crippen LogP contribution >= 0.6 is 11.3 Å². The molecule has 0 spiro atoms. The summed E-state index contributed by atoms with van der Waals surface area (Å²) in [4.78, 5) is 15.5. The number of thiazole rings is 1. The average molecular weight is 228 g/mol. The summed E-state index contributed by atoms with van der Waals surface area (Å²) in [6.07, 6.45) is 2.15. The normalized spacial score (nSPS) is 14.6. The van der Waals surface area contributed by atoms with Crippen LogP contribution in [0.25, 0.3) is 0 Å². The Morgan fingerprint density at radius 3 is 2.93 bits per heavy atom. The van der Waals surface area contributed by atoms with Gasteiger partial charge in [0, 0.05) is 18.0 Å². The molecule has 0 aliphatic carbocycles. The maximum atomic E-state index is 11.4. The second-order valence-electron chi connectivity index (χ2n) is 3.55. The summed E-state index contributed by atoms with van der Waals surface area (Å²) in [6.45, 7) is 3.58. The highest BCUT2D eigenvalue weighted by molar-refractivity contribution is 7.09. The first-order valence-electron chi connectivity index (χ1n) is 4.96. The first-order chi connectivity index (χ1) is 7.09. The summed E-state index contributed by atoms with van der Waals surface area (Å²) in [6, 6.07) is -0.0495. The van der Waals surface area contributed by atoms with E-state index >= 15 is 0 Å². The minimum atomic E-state index is -0.425. The zero-order chi connectivity index (χ0) is 11.3. The van der Waals surface area contributed by atoms with E-state index in [-0.39, 0.29) is 11.9 Å². The summed E-state index contributed by atoms with van der Waals surface area (Å²) in [5, 5.41) is 14.7. The fourth-order valence-electron chi connectivity index (χ4n) is 1.16. The lowest BCUT2D eigenvalue weighted by atomic mass is 10.2. The molecular weight excluding hydrogens is 212 g/mol. The molecule has 4 nitrogen and oxygen atoms in total. The van der Waals surface area contributed by atoms with Crippen LogP contribution in [0, 0.1) is 0 Å². The van der Waals surface area contributed by atoms with Gasteiger partial charge in [0.15, 0.2) is 0 Å². The number of carbonyl (C=O) groups excluding carboxylic acids is 1. The van der Waals surface area contributed by atoms with Crippen LogP contribution in [0.15, 0.2) is 11.6 Å². The lowest BCUT2D eigenvalue weighted by Gasteiger charge is -2.11. The first kappa shape index (κ1) is 12.1. The first-order valence-corrected chi connectivity index (χ1v) is 5.84. The fourth-order valence-corrected chi connectivity index (χ4v) is 1.81. The Morgan fingerprint density at radius 1 is 1.67 bits per heavy atom. The van der Waals surface area contributed by atoms with Gasteiger partial charge in [-0.2, -0.15) is 0 Å². The topological polar surface area (TPSA) is 62.2 Å². The van der Waals surface area contributed by atoms with Gasteiger partial charge in [-0.1, -0.05) is 0 Å². The Balaban J connectivity index is 2.32. The van der Waals surface area contributed by atoms with E-state index in [9.17, 15) is 4.79 Å². The third-order valence-corrected chi connectivity index (χ3v) is 2.95. The average Bonchev–Trinajstić information content (AvgIpc) is 2.67. The highest BCUT2D eigenvalue weighted by atomic mass is 32.1. The standard InChI is InChI=1S/C10H16N2O2S/c1-7(13)3-4-9(14)12-8(2)10-11-5-6-15-10/h5-8,13H,3-4H2,1-2H3,(H,12,14). The van der Waals surface area contributed by atoms with Crippen LogP contribution in [0.1, 0.15) is 37.7 Å². The van der Waals surface area contributed by atoms with E-state index in [0.717, 1.165) is 5.01 Å². The Hall–Kier alpha value is -0.940. The van der Waals surface area contributed by atoms with E-state index in [2.05, 4.69) is 10.3 Å². The molecule has 1 heterocycles. The smallest absolute Gasteiger partial charge is 0.220 e. The number of carbonyl (C=O) groups is 1. The van der Waals surface area contributed by atoms with E-state index in [0.29, 0.717) is 12.8 Å². The van der Waals surface area contributed by atoms with E-state index in [1.807, 2.05) is 12.3 Å². The Labute approximate surface area is 93.4 Å². The highest BCUT2D eigenvalue weighted by Gasteiger charge is 2.11. The molecule has 1 rings (SSSR count). The van der Waals surface area contributed by atoms with Gasteiger partial charge in [-0.15, -0.1) is 11.3 Å². The lowest BCUT2D eigenvalue weighted by Crippen LogP contribution is -2.27. The molecule has 0 fully saturated rings. The van der Waals surface area contributed by atoms with E-state index in [1.54, 1.807) is 13.1 Å². The van der Waals surface area contributed by atoms with Crippen LogP contribution in [0.4, 0.5) is 0 Å². The maximum Gasteiger partial charge on any atom is 0.220 e. The molecule has 0 aliphatic heterocycles. The van der Waals surface area contributed by atoms with Crippen molar-refractivity contribution in [2.24, 2.45) is 0 Å². The number of aliphatic hydroxyl groups excluding tert-OH is 1. The van der Waals surface area contributed by atoms with Gasteiger partial charge in [-0.25, -0.2) is 4.98 Å². The van der Waals surface area contributed by atoms with Gasteiger partial charge >= 0.3 is 0 Å². The summed E-state index contributed by atoms with van der Waals surface area (Å²) in [7, 11) is 0.